The highest BCUT2D eigenvalue weighted by Crippen LogP contribution is 2.40. The van der Waals surface area contributed by atoms with Gasteiger partial charge in [-0.2, -0.15) is 0 Å². The molecule has 0 bridgehead atoms. The average Bonchev–Trinajstić information content (AvgIpc) is 2.58. The molecule has 0 aromatic heterocycles. The zero-order valence-electron chi connectivity index (χ0n) is 13.1. The predicted molar refractivity (Wildman–Crippen MR) is 90.9 cm³/mol. The van der Waals surface area contributed by atoms with Crippen molar-refractivity contribution in [2.24, 2.45) is 0 Å². The highest BCUT2D eigenvalue weighted by molar-refractivity contribution is 6.34. The normalized spacial score (nSPS) is 10.6. The molecule has 120 valence electrons. The third-order valence-corrected chi connectivity index (χ3v) is 3.62. The summed E-state index contributed by atoms with van der Waals surface area (Å²) >= 11 is 6.03. The fourth-order valence-corrected chi connectivity index (χ4v) is 2.40. The average molecular weight is 333 g/mol. The molecule has 0 atom stereocenters. The Morgan fingerprint density at radius 1 is 0.957 bits per heavy atom. The van der Waals surface area contributed by atoms with Crippen molar-refractivity contribution in [3.05, 3.63) is 58.6 Å². The molecule has 5 heteroatoms. The summed E-state index contributed by atoms with van der Waals surface area (Å²) in [6, 6.07) is 10.4. The SMILES string of the molecule is COc1ccc(/C=C/C(=O)c2ccccc2Cl)c(OC)c1OC. The Kier molecular flexibility index (Phi) is 5.66. The smallest absolute Gasteiger partial charge is 0.203 e. The predicted octanol–water partition coefficient (Wildman–Crippen LogP) is 4.26. The molecular formula is C18H17ClO4. The number of ether oxygens (including phenoxy) is 3. The van der Waals surface area contributed by atoms with Crippen LogP contribution in [0.3, 0.4) is 0 Å². The molecule has 0 heterocycles. The van der Waals surface area contributed by atoms with E-state index in [2.05, 4.69) is 0 Å². The van der Waals surface area contributed by atoms with Gasteiger partial charge in [0.05, 0.1) is 26.4 Å². The summed E-state index contributed by atoms with van der Waals surface area (Å²) in [4.78, 5) is 12.2. The van der Waals surface area contributed by atoms with Gasteiger partial charge in [-0.15, -0.1) is 0 Å². The maximum absolute atomic E-state index is 12.2. The summed E-state index contributed by atoms with van der Waals surface area (Å²) in [6.45, 7) is 0. The van der Waals surface area contributed by atoms with Crippen LogP contribution in [-0.4, -0.2) is 27.1 Å². The van der Waals surface area contributed by atoms with Crippen LogP contribution < -0.4 is 14.2 Å². The fraction of sp³-hybridized carbons (Fsp3) is 0.167. The van der Waals surface area contributed by atoms with E-state index in [1.54, 1.807) is 49.6 Å². The van der Waals surface area contributed by atoms with E-state index in [1.807, 2.05) is 0 Å². The largest absolute Gasteiger partial charge is 0.493 e. The van der Waals surface area contributed by atoms with Crippen molar-refractivity contribution in [1.82, 2.24) is 0 Å². The lowest BCUT2D eigenvalue weighted by atomic mass is 10.1. The van der Waals surface area contributed by atoms with Crippen molar-refractivity contribution >= 4 is 23.5 Å². The molecule has 2 aromatic carbocycles. The monoisotopic (exact) mass is 332 g/mol. The van der Waals surface area contributed by atoms with E-state index >= 15 is 0 Å². The molecular weight excluding hydrogens is 316 g/mol. The molecule has 0 spiro atoms. The topological polar surface area (TPSA) is 44.8 Å². The van der Waals surface area contributed by atoms with Gasteiger partial charge in [-0.25, -0.2) is 0 Å². The molecule has 4 nitrogen and oxygen atoms in total. The minimum atomic E-state index is -0.188. The zero-order chi connectivity index (χ0) is 16.8. The molecule has 0 unspecified atom stereocenters. The van der Waals surface area contributed by atoms with Gasteiger partial charge in [-0.05, 0) is 36.4 Å². The maximum atomic E-state index is 12.2. The van der Waals surface area contributed by atoms with Gasteiger partial charge in [0.15, 0.2) is 17.3 Å². The Balaban J connectivity index is 2.36. The van der Waals surface area contributed by atoms with E-state index in [9.17, 15) is 4.79 Å². The third-order valence-electron chi connectivity index (χ3n) is 3.29. The first-order chi connectivity index (χ1) is 11.1. The Morgan fingerprint density at radius 2 is 1.65 bits per heavy atom. The van der Waals surface area contributed by atoms with E-state index in [-0.39, 0.29) is 5.78 Å². The number of halogens is 1. The fourth-order valence-electron chi connectivity index (χ4n) is 2.17. The van der Waals surface area contributed by atoms with Crippen LogP contribution in [0.15, 0.2) is 42.5 Å². The van der Waals surface area contributed by atoms with Crippen molar-refractivity contribution in [2.45, 2.75) is 0 Å². The van der Waals surface area contributed by atoms with Crippen LogP contribution in [0.1, 0.15) is 15.9 Å². The molecule has 0 aliphatic heterocycles. The van der Waals surface area contributed by atoms with Gasteiger partial charge in [0, 0.05) is 11.1 Å². The van der Waals surface area contributed by atoms with E-state index in [0.717, 1.165) is 0 Å². The summed E-state index contributed by atoms with van der Waals surface area (Å²) in [5, 5.41) is 0.418. The lowest BCUT2D eigenvalue weighted by Crippen LogP contribution is -1.98. The summed E-state index contributed by atoms with van der Waals surface area (Å²) in [7, 11) is 4.61. The van der Waals surface area contributed by atoms with Gasteiger partial charge in [-0.3, -0.25) is 4.79 Å². The number of allylic oxidation sites excluding steroid dienone is 1. The van der Waals surface area contributed by atoms with Gasteiger partial charge in [0.2, 0.25) is 5.75 Å². The van der Waals surface area contributed by atoms with Gasteiger partial charge < -0.3 is 14.2 Å². The Morgan fingerprint density at radius 3 is 2.26 bits per heavy atom. The summed E-state index contributed by atoms with van der Waals surface area (Å²) in [5.41, 5.74) is 1.15. The first-order valence-electron chi connectivity index (χ1n) is 6.88. The molecule has 2 aromatic rings. The van der Waals surface area contributed by atoms with Gasteiger partial charge in [0.25, 0.3) is 0 Å². The van der Waals surface area contributed by atoms with Crippen LogP contribution in [0.5, 0.6) is 17.2 Å². The number of rotatable bonds is 6. The number of carbonyl (C=O) groups excluding carboxylic acids is 1. The maximum Gasteiger partial charge on any atom is 0.203 e. The molecule has 2 rings (SSSR count). The van der Waals surface area contributed by atoms with Crippen LogP contribution in [-0.2, 0) is 0 Å². The van der Waals surface area contributed by atoms with E-state index in [0.29, 0.717) is 33.4 Å². The van der Waals surface area contributed by atoms with E-state index in [1.165, 1.54) is 20.3 Å². The second-order valence-electron chi connectivity index (χ2n) is 4.60. The Bertz CT molecular complexity index is 738. The third kappa shape index (κ3) is 3.66. The number of hydrogen-bond donors (Lipinski definition) is 0. The molecule has 0 amide bonds. The van der Waals surface area contributed by atoms with Crippen molar-refractivity contribution in [2.75, 3.05) is 21.3 Å². The van der Waals surface area contributed by atoms with Crippen LogP contribution in [0, 0.1) is 0 Å². The summed E-state index contributed by atoms with van der Waals surface area (Å²) in [5.74, 6) is 1.34. The lowest BCUT2D eigenvalue weighted by Gasteiger charge is -2.13. The van der Waals surface area contributed by atoms with Crippen LogP contribution >= 0.6 is 11.6 Å². The van der Waals surface area contributed by atoms with Crippen molar-refractivity contribution < 1.29 is 19.0 Å². The number of hydrogen-bond acceptors (Lipinski definition) is 4. The molecule has 0 N–H and O–H groups in total. The second-order valence-corrected chi connectivity index (χ2v) is 5.01. The highest BCUT2D eigenvalue weighted by atomic mass is 35.5. The quantitative estimate of drug-likeness (QED) is 0.585. The molecule has 0 aliphatic rings. The van der Waals surface area contributed by atoms with Crippen molar-refractivity contribution in [3.63, 3.8) is 0 Å². The van der Waals surface area contributed by atoms with Crippen LogP contribution in [0.4, 0.5) is 0 Å². The van der Waals surface area contributed by atoms with Crippen molar-refractivity contribution in [3.8, 4) is 17.2 Å². The first-order valence-corrected chi connectivity index (χ1v) is 7.26. The van der Waals surface area contributed by atoms with E-state index in [4.69, 9.17) is 25.8 Å². The highest BCUT2D eigenvalue weighted by Gasteiger charge is 2.14. The summed E-state index contributed by atoms with van der Waals surface area (Å²) < 4.78 is 15.9. The number of methoxy groups -OCH3 is 3. The molecule has 0 fully saturated rings. The minimum Gasteiger partial charge on any atom is -0.493 e. The lowest BCUT2D eigenvalue weighted by molar-refractivity contribution is 0.104. The number of benzene rings is 2. The molecule has 23 heavy (non-hydrogen) atoms. The van der Waals surface area contributed by atoms with Crippen LogP contribution in [0.2, 0.25) is 5.02 Å². The molecule has 0 aliphatic carbocycles. The first kappa shape index (κ1) is 16.9. The van der Waals surface area contributed by atoms with Gasteiger partial charge in [-0.1, -0.05) is 23.7 Å². The number of ketones is 1. The second kappa shape index (κ2) is 7.70. The minimum absolute atomic E-state index is 0.188. The molecule has 0 radical (unpaired) electrons. The van der Waals surface area contributed by atoms with Crippen molar-refractivity contribution in [1.29, 1.82) is 0 Å². The van der Waals surface area contributed by atoms with Gasteiger partial charge >= 0.3 is 0 Å². The standard InChI is InChI=1S/C18H17ClO4/c1-21-16-11-9-12(17(22-2)18(16)23-3)8-10-15(20)13-6-4-5-7-14(13)19/h4-11H,1-3H3/b10-8+. The van der Waals surface area contributed by atoms with Crippen LogP contribution in [0.25, 0.3) is 6.08 Å². The van der Waals surface area contributed by atoms with E-state index < -0.39 is 0 Å². The Hall–Kier alpha value is -2.46. The van der Waals surface area contributed by atoms with Gasteiger partial charge in [0.1, 0.15) is 0 Å². The molecule has 0 saturated heterocycles. The Labute approximate surface area is 140 Å². The molecule has 0 saturated carbocycles. The zero-order valence-corrected chi connectivity index (χ0v) is 13.9. The summed E-state index contributed by atoms with van der Waals surface area (Å²) in [6.07, 6.45) is 3.11. The number of carbonyl (C=O) groups is 1.